The highest BCUT2D eigenvalue weighted by atomic mass is 79.9. The fraction of sp³-hybridized carbons (Fsp3) is 0.417. The van der Waals surface area contributed by atoms with E-state index in [1.807, 2.05) is 0 Å². The Morgan fingerprint density at radius 1 is 1.08 bits per heavy atom. The highest BCUT2D eigenvalue weighted by Crippen LogP contribution is 2.52. The van der Waals surface area contributed by atoms with E-state index in [0.717, 1.165) is 12.1 Å². The minimum Gasteiger partial charge on any atom is -0.357 e. The molecule has 1 N–H and O–H groups in total. The van der Waals surface area contributed by atoms with E-state index in [4.69, 9.17) is 0 Å². The summed E-state index contributed by atoms with van der Waals surface area (Å²) in [5, 5.41) is 6.00. The summed E-state index contributed by atoms with van der Waals surface area (Å²) < 4.78 is 114. The monoisotopic (exact) mass is 625 g/mol. The highest BCUT2D eigenvalue weighted by Gasteiger charge is 2.55. The second kappa shape index (κ2) is 10.8. The number of carbonyl (C=O) groups excluding carboxylic acids is 1. The van der Waals surface area contributed by atoms with Gasteiger partial charge in [-0.15, -0.1) is 0 Å². The number of benzene rings is 1. The molecule has 1 aromatic carbocycles. The van der Waals surface area contributed by atoms with Crippen molar-refractivity contribution in [1.29, 1.82) is 0 Å². The minimum absolute atomic E-state index is 0.140. The lowest BCUT2D eigenvalue weighted by atomic mass is 9.88. The first-order chi connectivity index (χ1) is 18.2. The van der Waals surface area contributed by atoms with E-state index >= 15 is 0 Å². The third-order valence-electron chi connectivity index (χ3n) is 6.24. The van der Waals surface area contributed by atoms with Crippen LogP contribution in [0, 0.1) is 11.6 Å². The van der Waals surface area contributed by atoms with Crippen molar-refractivity contribution in [3.05, 3.63) is 68.7 Å². The van der Waals surface area contributed by atoms with Gasteiger partial charge in [0, 0.05) is 44.5 Å². The fourth-order valence-corrected chi connectivity index (χ4v) is 5.12. The van der Waals surface area contributed by atoms with E-state index in [-0.39, 0.29) is 28.3 Å². The SMILES string of the molecule is CNc1ncc(Br)c([C@@H](CC(=O)Cn2nc(C(F)F)c3c2C(F)(F)CCC3(F)F)Cc2cc(F)cc(F)c2)n1. The van der Waals surface area contributed by atoms with Gasteiger partial charge in [0.05, 0.1) is 15.7 Å². The number of hydrogen-bond donors (Lipinski definition) is 1. The van der Waals surface area contributed by atoms with Crippen LogP contribution in [0.1, 0.15) is 59.8 Å². The molecule has 1 aliphatic rings. The molecule has 0 spiro atoms. The molecule has 1 atom stereocenters. The number of Topliss-reactive ketones (excluding diaryl/α,β-unsaturated/α-hetero) is 1. The van der Waals surface area contributed by atoms with Gasteiger partial charge in [-0.1, -0.05) is 0 Å². The molecule has 0 saturated heterocycles. The average molecular weight is 626 g/mol. The van der Waals surface area contributed by atoms with Crippen molar-refractivity contribution in [3.63, 3.8) is 0 Å². The minimum atomic E-state index is -3.98. The van der Waals surface area contributed by atoms with Crippen molar-refractivity contribution >= 4 is 27.7 Å². The third kappa shape index (κ3) is 6.07. The maximum atomic E-state index is 14.7. The van der Waals surface area contributed by atoms with Crippen LogP contribution < -0.4 is 5.32 Å². The topological polar surface area (TPSA) is 72.7 Å². The van der Waals surface area contributed by atoms with Gasteiger partial charge in [0.1, 0.15) is 29.6 Å². The molecule has 0 aliphatic heterocycles. The lowest BCUT2D eigenvalue weighted by Crippen LogP contribution is -2.33. The van der Waals surface area contributed by atoms with Crippen LogP contribution in [0.3, 0.4) is 0 Å². The molecular formula is C24H20BrF8N5O. The number of anilines is 1. The predicted molar refractivity (Wildman–Crippen MR) is 126 cm³/mol. The summed E-state index contributed by atoms with van der Waals surface area (Å²) in [5.74, 6) is -11.3. The zero-order valence-corrected chi connectivity index (χ0v) is 21.7. The highest BCUT2D eigenvalue weighted by molar-refractivity contribution is 9.10. The van der Waals surface area contributed by atoms with Crippen molar-refractivity contribution in [2.24, 2.45) is 0 Å². The Kier molecular flexibility index (Phi) is 8.01. The van der Waals surface area contributed by atoms with Crippen molar-refractivity contribution in [3.8, 4) is 0 Å². The summed E-state index contributed by atoms with van der Waals surface area (Å²) in [6.45, 7) is -1.02. The van der Waals surface area contributed by atoms with Crippen LogP contribution in [-0.4, -0.2) is 32.6 Å². The van der Waals surface area contributed by atoms with Crippen LogP contribution in [0.25, 0.3) is 0 Å². The summed E-state index contributed by atoms with van der Waals surface area (Å²) in [4.78, 5) is 21.4. The molecule has 0 amide bonds. The number of rotatable bonds is 9. The average Bonchev–Trinajstić information content (AvgIpc) is 3.23. The van der Waals surface area contributed by atoms with Crippen LogP contribution >= 0.6 is 15.9 Å². The van der Waals surface area contributed by atoms with Crippen molar-refractivity contribution in [1.82, 2.24) is 19.7 Å². The van der Waals surface area contributed by atoms with E-state index < -0.39 is 84.4 Å². The van der Waals surface area contributed by atoms with E-state index in [0.29, 0.717) is 10.5 Å². The quantitative estimate of drug-likeness (QED) is 0.269. The van der Waals surface area contributed by atoms with Crippen LogP contribution in [0.5, 0.6) is 0 Å². The molecule has 0 unspecified atom stereocenters. The lowest BCUT2D eigenvalue weighted by Gasteiger charge is -2.29. The van der Waals surface area contributed by atoms with Gasteiger partial charge in [0.2, 0.25) is 5.95 Å². The molecule has 0 radical (unpaired) electrons. The Labute approximate surface area is 225 Å². The van der Waals surface area contributed by atoms with Gasteiger partial charge >= 0.3 is 0 Å². The van der Waals surface area contributed by atoms with Crippen molar-refractivity contribution in [2.45, 2.75) is 56.4 Å². The maximum absolute atomic E-state index is 14.7. The molecule has 0 fully saturated rings. The number of carbonyl (C=O) groups is 1. The number of hydrogen-bond acceptors (Lipinski definition) is 5. The van der Waals surface area contributed by atoms with Crippen LogP contribution in [-0.2, 0) is 29.6 Å². The van der Waals surface area contributed by atoms with Crippen molar-refractivity contribution in [2.75, 3.05) is 12.4 Å². The van der Waals surface area contributed by atoms with Gasteiger partial charge in [-0.2, -0.15) is 13.9 Å². The Morgan fingerprint density at radius 3 is 2.33 bits per heavy atom. The molecule has 15 heteroatoms. The number of ketones is 1. The number of aromatic nitrogens is 4. The molecule has 1 aliphatic carbocycles. The van der Waals surface area contributed by atoms with E-state index in [9.17, 15) is 39.9 Å². The summed E-state index contributed by atoms with van der Waals surface area (Å²) in [7, 11) is 1.52. The normalized spacial score (nSPS) is 16.7. The van der Waals surface area contributed by atoms with Gasteiger partial charge in [-0.25, -0.2) is 36.3 Å². The second-order valence-corrected chi connectivity index (χ2v) is 9.93. The first-order valence-electron chi connectivity index (χ1n) is 11.5. The molecule has 39 heavy (non-hydrogen) atoms. The molecule has 2 heterocycles. The van der Waals surface area contributed by atoms with Crippen LogP contribution in [0.4, 0.5) is 41.1 Å². The Hall–Kier alpha value is -3.10. The first-order valence-corrected chi connectivity index (χ1v) is 12.3. The van der Waals surface area contributed by atoms with Gasteiger partial charge in [0.15, 0.2) is 5.78 Å². The number of nitrogens with zero attached hydrogens (tertiary/aromatic N) is 4. The fourth-order valence-electron chi connectivity index (χ4n) is 4.61. The van der Waals surface area contributed by atoms with E-state index in [2.05, 4.69) is 36.3 Å². The summed E-state index contributed by atoms with van der Waals surface area (Å²) in [6, 6.07) is 2.73. The van der Waals surface area contributed by atoms with Gasteiger partial charge in [-0.3, -0.25) is 9.48 Å². The number of halogens is 9. The molecular weight excluding hydrogens is 606 g/mol. The van der Waals surface area contributed by atoms with Gasteiger partial charge < -0.3 is 5.32 Å². The molecule has 4 rings (SSSR count). The summed E-state index contributed by atoms with van der Waals surface area (Å²) in [6.07, 6.45) is -5.52. The first kappa shape index (κ1) is 28.9. The Bertz CT molecular complexity index is 1380. The molecule has 6 nitrogen and oxygen atoms in total. The standard InChI is InChI=1S/C24H20BrF8N5O/c1-34-22-35-9-16(25)18(36-22)12(4-11-5-13(26)8-14(27)6-11)7-15(39)10-38-20-17(19(37-38)21(28)29)23(30,31)2-3-24(20,32)33/h5-6,8-9,12,21H,2-4,7,10H2,1H3,(H,34,35,36)/t12-/m1/s1. The predicted octanol–water partition coefficient (Wildman–Crippen LogP) is 6.66. The smallest absolute Gasteiger partial charge is 0.290 e. The third-order valence-corrected chi connectivity index (χ3v) is 6.85. The van der Waals surface area contributed by atoms with Crippen LogP contribution in [0.15, 0.2) is 28.9 Å². The molecule has 3 aromatic rings. The zero-order valence-electron chi connectivity index (χ0n) is 20.1. The van der Waals surface area contributed by atoms with Crippen molar-refractivity contribution < 1.29 is 39.9 Å². The van der Waals surface area contributed by atoms with Crippen LogP contribution in [0.2, 0.25) is 0 Å². The lowest BCUT2D eigenvalue weighted by molar-refractivity contribution is -0.121. The molecule has 2 aromatic heterocycles. The van der Waals surface area contributed by atoms with E-state index in [1.54, 1.807) is 0 Å². The molecule has 210 valence electrons. The van der Waals surface area contributed by atoms with Gasteiger partial charge in [-0.05, 0) is 40.0 Å². The Morgan fingerprint density at radius 2 is 1.72 bits per heavy atom. The summed E-state index contributed by atoms with van der Waals surface area (Å²) in [5.41, 5.74) is -4.13. The second-order valence-electron chi connectivity index (χ2n) is 9.07. The van der Waals surface area contributed by atoms with E-state index in [1.165, 1.54) is 13.2 Å². The number of alkyl halides is 6. The maximum Gasteiger partial charge on any atom is 0.290 e. The summed E-state index contributed by atoms with van der Waals surface area (Å²) >= 11 is 3.26. The molecule has 0 bridgehead atoms. The number of fused-ring (bicyclic) bond motifs is 1. The number of nitrogens with one attached hydrogen (secondary N) is 1. The largest absolute Gasteiger partial charge is 0.357 e. The Balaban J connectivity index is 1.71. The van der Waals surface area contributed by atoms with Gasteiger partial charge in [0.25, 0.3) is 18.3 Å². The molecule has 0 saturated carbocycles. The zero-order chi connectivity index (χ0) is 28.7.